The molecule has 1 aromatic rings. The third kappa shape index (κ3) is 3.34. The summed E-state index contributed by atoms with van der Waals surface area (Å²) in [6, 6.07) is 5.46. The standard InChI is InChI=1S/C15H19NO3/c1-9-4-3-5-10(2)14(9)15(19)16-12(8-13(17)18)11-6-7-11/h3-5,11-12H,6-8H2,1-2H3,(H,16,19)(H,17,18). The topological polar surface area (TPSA) is 66.4 Å². The second kappa shape index (κ2) is 5.43. The summed E-state index contributed by atoms with van der Waals surface area (Å²) in [4.78, 5) is 23.1. The van der Waals surface area contributed by atoms with Crippen molar-refractivity contribution in [1.82, 2.24) is 5.32 Å². The Hall–Kier alpha value is -1.84. The van der Waals surface area contributed by atoms with Crippen LogP contribution in [0, 0.1) is 19.8 Å². The van der Waals surface area contributed by atoms with E-state index in [1.54, 1.807) is 0 Å². The molecule has 1 unspecified atom stereocenters. The molecule has 0 aliphatic heterocycles. The Morgan fingerprint density at radius 3 is 2.37 bits per heavy atom. The maximum Gasteiger partial charge on any atom is 0.305 e. The van der Waals surface area contributed by atoms with Gasteiger partial charge in [-0.3, -0.25) is 9.59 Å². The molecule has 1 saturated carbocycles. The van der Waals surface area contributed by atoms with Gasteiger partial charge in [-0.15, -0.1) is 0 Å². The zero-order valence-electron chi connectivity index (χ0n) is 11.3. The highest BCUT2D eigenvalue weighted by atomic mass is 16.4. The Kier molecular flexibility index (Phi) is 3.88. The highest BCUT2D eigenvalue weighted by Gasteiger charge is 2.34. The van der Waals surface area contributed by atoms with Crippen molar-refractivity contribution in [3.63, 3.8) is 0 Å². The molecule has 1 aliphatic carbocycles. The van der Waals surface area contributed by atoms with Crippen molar-refractivity contribution in [2.24, 2.45) is 5.92 Å². The van der Waals surface area contributed by atoms with E-state index in [4.69, 9.17) is 5.11 Å². The summed E-state index contributed by atoms with van der Waals surface area (Å²) in [7, 11) is 0. The number of rotatable bonds is 5. The van der Waals surface area contributed by atoms with E-state index < -0.39 is 5.97 Å². The molecule has 4 nitrogen and oxygen atoms in total. The highest BCUT2D eigenvalue weighted by molar-refractivity contribution is 5.97. The van der Waals surface area contributed by atoms with Gasteiger partial charge in [-0.2, -0.15) is 0 Å². The number of aliphatic carboxylic acids is 1. The number of hydrogen-bond acceptors (Lipinski definition) is 2. The Bertz CT molecular complexity index is 486. The van der Waals surface area contributed by atoms with E-state index in [0.29, 0.717) is 11.5 Å². The van der Waals surface area contributed by atoms with E-state index in [9.17, 15) is 9.59 Å². The maximum atomic E-state index is 12.3. The lowest BCUT2D eigenvalue weighted by molar-refractivity contribution is -0.137. The quantitative estimate of drug-likeness (QED) is 0.854. The minimum Gasteiger partial charge on any atom is -0.481 e. The number of benzene rings is 1. The van der Waals surface area contributed by atoms with Crippen LogP contribution in [-0.2, 0) is 4.79 Å². The molecule has 0 heterocycles. The van der Waals surface area contributed by atoms with E-state index in [-0.39, 0.29) is 18.4 Å². The first-order chi connectivity index (χ1) is 8.99. The van der Waals surface area contributed by atoms with Gasteiger partial charge in [-0.1, -0.05) is 18.2 Å². The zero-order chi connectivity index (χ0) is 14.0. The van der Waals surface area contributed by atoms with E-state index >= 15 is 0 Å². The van der Waals surface area contributed by atoms with Gasteiger partial charge in [-0.25, -0.2) is 0 Å². The minimum absolute atomic E-state index is 0.00132. The predicted molar refractivity (Wildman–Crippen MR) is 72.1 cm³/mol. The second-order valence-corrected chi connectivity index (χ2v) is 5.28. The van der Waals surface area contributed by atoms with Crippen LogP contribution in [0.1, 0.15) is 40.7 Å². The normalized spacial score (nSPS) is 15.9. The van der Waals surface area contributed by atoms with Gasteiger partial charge in [-0.05, 0) is 43.7 Å². The molecule has 19 heavy (non-hydrogen) atoms. The molecule has 1 amide bonds. The molecule has 4 heteroatoms. The first kappa shape index (κ1) is 13.6. The van der Waals surface area contributed by atoms with Crippen LogP contribution in [0.3, 0.4) is 0 Å². The smallest absolute Gasteiger partial charge is 0.305 e. The van der Waals surface area contributed by atoms with Crippen molar-refractivity contribution in [2.45, 2.75) is 39.2 Å². The molecular formula is C15H19NO3. The summed E-state index contributed by atoms with van der Waals surface area (Å²) in [6.45, 7) is 3.79. The van der Waals surface area contributed by atoms with Crippen LogP contribution in [0.2, 0.25) is 0 Å². The Morgan fingerprint density at radius 2 is 1.89 bits per heavy atom. The Morgan fingerprint density at radius 1 is 1.32 bits per heavy atom. The van der Waals surface area contributed by atoms with Crippen molar-refractivity contribution >= 4 is 11.9 Å². The summed E-state index contributed by atoms with van der Waals surface area (Å²) in [5.41, 5.74) is 2.50. The van der Waals surface area contributed by atoms with Gasteiger partial charge in [0.1, 0.15) is 0 Å². The average molecular weight is 261 g/mol. The van der Waals surface area contributed by atoms with E-state index in [1.807, 2.05) is 32.0 Å². The molecule has 0 bridgehead atoms. The van der Waals surface area contributed by atoms with E-state index in [0.717, 1.165) is 24.0 Å². The number of hydrogen-bond donors (Lipinski definition) is 2. The molecule has 2 rings (SSSR count). The third-order valence-electron chi connectivity index (χ3n) is 3.61. The maximum absolute atomic E-state index is 12.3. The van der Waals surface area contributed by atoms with Crippen molar-refractivity contribution in [2.75, 3.05) is 0 Å². The second-order valence-electron chi connectivity index (χ2n) is 5.28. The fraction of sp³-hybridized carbons (Fsp3) is 0.467. The predicted octanol–water partition coefficient (Wildman–Crippen LogP) is 2.29. The van der Waals surface area contributed by atoms with Crippen LogP contribution in [-0.4, -0.2) is 23.0 Å². The largest absolute Gasteiger partial charge is 0.481 e. The minimum atomic E-state index is -0.862. The van der Waals surface area contributed by atoms with Crippen molar-refractivity contribution < 1.29 is 14.7 Å². The Balaban J connectivity index is 2.12. The summed E-state index contributed by atoms with van der Waals surface area (Å²) in [5.74, 6) is -0.697. The molecule has 1 aliphatic rings. The third-order valence-corrected chi connectivity index (χ3v) is 3.61. The van der Waals surface area contributed by atoms with Gasteiger partial charge in [0, 0.05) is 11.6 Å². The molecule has 0 saturated heterocycles. The number of carbonyl (C=O) groups is 2. The molecule has 1 aromatic carbocycles. The van der Waals surface area contributed by atoms with Gasteiger partial charge in [0.15, 0.2) is 0 Å². The van der Waals surface area contributed by atoms with Gasteiger partial charge >= 0.3 is 5.97 Å². The highest BCUT2D eigenvalue weighted by Crippen LogP contribution is 2.34. The average Bonchev–Trinajstić information content (AvgIpc) is 3.10. The van der Waals surface area contributed by atoms with Gasteiger partial charge in [0.25, 0.3) is 5.91 Å². The van der Waals surface area contributed by atoms with Crippen LogP contribution >= 0.6 is 0 Å². The van der Waals surface area contributed by atoms with Crippen LogP contribution in [0.5, 0.6) is 0 Å². The van der Waals surface area contributed by atoms with E-state index in [2.05, 4.69) is 5.32 Å². The lowest BCUT2D eigenvalue weighted by atomic mass is 10.0. The molecular weight excluding hydrogens is 242 g/mol. The number of carboxylic acids is 1. The molecule has 0 aromatic heterocycles. The van der Waals surface area contributed by atoms with Crippen LogP contribution in [0.4, 0.5) is 0 Å². The van der Waals surface area contributed by atoms with Gasteiger partial charge < -0.3 is 10.4 Å². The fourth-order valence-electron chi connectivity index (χ4n) is 2.44. The SMILES string of the molecule is Cc1cccc(C)c1C(=O)NC(CC(=O)O)C1CC1. The van der Waals surface area contributed by atoms with Crippen molar-refractivity contribution in [1.29, 1.82) is 0 Å². The number of aryl methyl sites for hydroxylation is 2. The summed E-state index contributed by atoms with van der Waals surface area (Å²) >= 11 is 0. The molecule has 0 radical (unpaired) electrons. The van der Waals surface area contributed by atoms with Crippen molar-refractivity contribution in [3.8, 4) is 0 Å². The van der Waals surface area contributed by atoms with E-state index in [1.165, 1.54) is 0 Å². The molecule has 1 fully saturated rings. The van der Waals surface area contributed by atoms with Gasteiger partial charge in [0.2, 0.25) is 0 Å². The first-order valence-corrected chi connectivity index (χ1v) is 6.58. The van der Waals surface area contributed by atoms with Crippen LogP contribution in [0.15, 0.2) is 18.2 Å². The molecule has 0 spiro atoms. The summed E-state index contributed by atoms with van der Waals surface area (Å²) < 4.78 is 0. The fourth-order valence-corrected chi connectivity index (χ4v) is 2.44. The van der Waals surface area contributed by atoms with Crippen LogP contribution < -0.4 is 5.32 Å². The lowest BCUT2D eigenvalue weighted by Gasteiger charge is -2.18. The first-order valence-electron chi connectivity index (χ1n) is 6.58. The summed E-state index contributed by atoms with van der Waals surface area (Å²) in [6.07, 6.45) is 2.01. The number of nitrogens with one attached hydrogen (secondary N) is 1. The Labute approximate surface area is 112 Å². The van der Waals surface area contributed by atoms with Gasteiger partial charge in [0.05, 0.1) is 6.42 Å². The monoisotopic (exact) mass is 261 g/mol. The summed E-state index contributed by atoms with van der Waals surface area (Å²) in [5, 5.41) is 11.8. The zero-order valence-corrected chi connectivity index (χ0v) is 11.3. The molecule has 2 N–H and O–H groups in total. The lowest BCUT2D eigenvalue weighted by Crippen LogP contribution is -2.38. The van der Waals surface area contributed by atoms with Crippen LogP contribution in [0.25, 0.3) is 0 Å². The molecule has 1 atom stereocenters. The number of carboxylic acid groups (broad SMARTS) is 1. The number of carbonyl (C=O) groups excluding carboxylic acids is 1. The van der Waals surface area contributed by atoms with Crippen molar-refractivity contribution in [3.05, 3.63) is 34.9 Å². The number of amides is 1. The molecule has 102 valence electrons.